The van der Waals surface area contributed by atoms with Crippen LogP contribution in [0.15, 0.2) is 54.6 Å². The lowest BCUT2D eigenvalue weighted by atomic mass is 9.97. The number of nitrogens with one attached hydrogen (secondary N) is 2. The van der Waals surface area contributed by atoms with Gasteiger partial charge in [-0.05, 0) is 78.3 Å². The second kappa shape index (κ2) is 13.2. The van der Waals surface area contributed by atoms with E-state index in [0.717, 1.165) is 84.5 Å². The Balaban J connectivity index is 1.16. The van der Waals surface area contributed by atoms with Crippen molar-refractivity contribution in [1.29, 1.82) is 0 Å². The summed E-state index contributed by atoms with van der Waals surface area (Å²) in [6, 6.07) is 17.4. The van der Waals surface area contributed by atoms with Gasteiger partial charge >= 0.3 is 5.97 Å². The van der Waals surface area contributed by atoms with E-state index in [-0.39, 0.29) is 6.10 Å². The van der Waals surface area contributed by atoms with E-state index < -0.39 is 18.6 Å². The van der Waals surface area contributed by atoms with Crippen LogP contribution in [0.1, 0.15) is 24.0 Å². The van der Waals surface area contributed by atoms with Crippen LogP contribution in [-0.2, 0) is 17.8 Å². The summed E-state index contributed by atoms with van der Waals surface area (Å²) in [5.41, 5.74) is 6.43. The number of aliphatic hydroxyl groups is 2. The number of fused-ring (bicyclic) bond motifs is 2. The summed E-state index contributed by atoms with van der Waals surface area (Å²) in [4.78, 5) is 16.0. The monoisotopic (exact) mass is 621 g/mol. The van der Waals surface area contributed by atoms with Crippen LogP contribution < -0.4 is 15.5 Å². The van der Waals surface area contributed by atoms with Crippen LogP contribution in [-0.4, -0.2) is 82.0 Å². The summed E-state index contributed by atoms with van der Waals surface area (Å²) >= 11 is 8.41. The van der Waals surface area contributed by atoms with E-state index in [1.54, 1.807) is 0 Å². The third kappa shape index (κ3) is 6.50. The Kier molecular flexibility index (Phi) is 9.13. The van der Waals surface area contributed by atoms with Gasteiger partial charge in [0.25, 0.3) is 0 Å². The van der Waals surface area contributed by atoms with Gasteiger partial charge in [0.15, 0.2) is 5.82 Å². The van der Waals surface area contributed by atoms with Crippen molar-refractivity contribution in [3.05, 3.63) is 70.7 Å². The van der Waals surface area contributed by atoms with Crippen molar-refractivity contribution in [3.8, 4) is 11.1 Å². The number of β-amino-alcohol motifs (C(OH)–C–C–N with tert-alkyl or cyclic N) is 1. The summed E-state index contributed by atoms with van der Waals surface area (Å²) < 4.78 is 5.60. The number of anilines is 3. The first kappa shape index (κ1) is 29.8. The molecule has 2 aliphatic heterocycles. The lowest BCUT2D eigenvalue weighted by molar-refractivity contribution is -0.140. The number of aliphatic hydroxyl groups excluding tert-OH is 2. The van der Waals surface area contributed by atoms with Gasteiger partial charge in [0.05, 0.1) is 28.1 Å². The molecule has 1 saturated heterocycles. The van der Waals surface area contributed by atoms with Crippen LogP contribution in [0.4, 0.5) is 17.2 Å². The molecule has 2 atom stereocenters. The number of hydrogen-bond acceptors (Lipinski definition) is 9. The Morgan fingerprint density at radius 2 is 1.95 bits per heavy atom. The molecule has 226 valence electrons. The highest BCUT2D eigenvalue weighted by Gasteiger charge is 2.25. The van der Waals surface area contributed by atoms with Crippen LogP contribution in [0.25, 0.3) is 21.2 Å². The van der Waals surface area contributed by atoms with Crippen molar-refractivity contribution < 1.29 is 20.1 Å². The molecule has 0 spiro atoms. The molecule has 0 saturated carbocycles. The minimum Gasteiger partial charge on any atom is -0.480 e. The molecule has 1 unspecified atom stereocenters. The lowest BCUT2D eigenvalue weighted by Crippen LogP contribution is -2.39. The first-order valence-corrected chi connectivity index (χ1v) is 15.8. The molecule has 2 aliphatic rings. The predicted molar refractivity (Wildman–Crippen MR) is 173 cm³/mol. The minimum atomic E-state index is -1.08. The van der Waals surface area contributed by atoms with Gasteiger partial charge in [0.1, 0.15) is 6.04 Å². The summed E-state index contributed by atoms with van der Waals surface area (Å²) in [5.74, 6) is -0.368. The molecule has 11 heteroatoms. The topological polar surface area (TPSA) is 121 Å². The maximum absolute atomic E-state index is 11.2. The van der Waals surface area contributed by atoms with Gasteiger partial charge in [-0.2, -0.15) is 4.37 Å². The van der Waals surface area contributed by atoms with Crippen molar-refractivity contribution in [1.82, 2.24) is 14.6 Å². The Morgan fingerprint density at radius 3 is 2.74 bits per heavy atom. The number of carboxylic acid groups (broad SMARTS) is 1. The number of carboxylic acids is 1. The quantitative estimate of drug-likeness (QED) is 0.153. The molecule has 1 fully saturated rings. The first-order chi connectivity index (χ1) is 20.9. The number of likely N-dealkylation sites (tertiary alicyclic amines) is 1. The van der Waals surface area contributed by atoms with E-state index in [4.69, 9.17) is 16.7 Å². The predicted octanol–water partition coefficient (Wildman–Crippen LogP) is 4.71. The van der Waals surface area contributed by atoms with Crippen molar-refractivity contribution >= 4 is 56.4 Å². The number of carbonyl (C=O) groups is 1. The molecular weight excluding hydrogens is 586 g/mol. The summed E-state index contributed by atoms with van der Waals surface area (Å²) in [6.45, 7) is 4.63. The van der Waals surface area contributed by atoms with Crippen LogP contribution >= 0.6 is 23.1 Å². The first-order valence-electron chi connectivity index (χ1n) is 14.7. The Morgan fingerprint density at radius 1 is 1.12 bits per heavy atom. The van der Waals surface area contributed by atoms with Gasteiger partial charge in [-0.1, -0.05) is 41.9 Å². The van der Waals surface area contributed by atoms with E-state index in [1.807, 2.05) is 30.3 Å². The van der Waals surface area contributed by atoms with Crippen molar-refractivity contribution in [3.63, 3.8) is 0 Å². The fraction of sp³-hybridized carbons (Fsp3) is 0.375. The standard InChI is InChI=1S/C32H36ClN5O4S/c33-30-24(22-4-2-7-28-23(22)11-15-38(28)13-3-12-37-14-10-21(40)18-37)5-1-6-26(30)35-31-25-9-8-20(16-29(25)43-36-31)17-34-27(19-39)32(41)42/h1-2,4-9,16,21,27,34,39-40H,3,10-15,17-19H2,(H,35,36)(H,41,42)/t21?,27-/m0/s1. The van der Waals surface area contributed by atoms with Crippen molar-refractivity contribution in [2.45, 2.75) is 38.0 Å². The van der Waals surface area contributed by atoms with Crippen LogP contribution in [0.2, 0.25) is 5.02 Å². The SMILES string of the molecule is O=C(O)[C@H](CO)NCc1ccc2c(Nc3cccc(-c4cccc5c4CCN5CCCN4CCC(O)C4)c3Cl)nsc2c1. The molecular formula is C32H36ClN5O4S. The lowest BCUT2D eigenvalue weighted by Gasteiger charge is -2.22. The minimum absolute atomic E-state index is 0.173. The largest absolute Gasteiger partial charge is 0.480 e. The molecule has 0 bridgehead atoms. The number of rotatable bonds is 12. The molecule has 4 aromatic rings. The summed E-state index contributed by atoms with van der Waals surface area (Å²) in [7, 11) is 0. The highest BCUT2D eigenvalue weighted by Crippen LogP contribution is 2.42. The molecule has 1 aromatic heterocycles. The smallest absolute Gasteiger partial charge is 0.323 e. The third-order valence-electron chi connectivity index (χ3n) is 8.39. The average Bonchev–Trinajstić information content (AvgIpc) is 3.73. The van der Waals surface area contributed by atoms with Crippen LogP contribution in [0.5, 0.6) is 0 Å². The van der Waals surface area contributed by atoms with Crippen molar-refractivity contribution in [2.75, 3.05) is 49.5 Å². The van der Waals surface area contributed by atoms with Gasteiger partial charge in [0.2, 0.25) is 0 Å². The molecule has 3 aromatic carbocycles. The third-order valence-corrected chi connectivity index (χ3v) is 9.60. The highest BCUT2D eigenvalue weighted by molar-refractivity contribution is 7.13. The number of hydrogen-bond donors (Lipinski definition) is 5. The van der Waals surface area contributed by atoms with Crippen molar-refractivity contribution in [2.24, 2.45) is 0 Å². The van der Waals surface area contributed by atoms with Gasteiger partial charge in [-0.15, -0.1) is 0 Å². The number of halogens is 1. The van der Waals surface area contributed by atoms with Gasteiger partial charge in [0, 0.05) is 49.4 Å². The summed E-state index contributed by atoms with van der Waals surface area (Å²) in [5, 5.41) is 36.1. The fourth-order valence-electron chi connectivity index (χ4n) is 6.10. The van der Waals surface area contributed by atoms with Crippen LogP contribution in [0.3, 0.4) is 0 Å². The second-order valence-corrected chi connectivity index (χ2v) is 12.4. The molecule has 0 aliphatic carbocycles. The molecule has 0 radical (unpaired) electrons. The molecule has 0 amide bonds. The zero-order chi connectivity index (χ0) is 29.9. The Labute approximate surface area is 259 Å². The molecule has 43 heavy (non-hydrogen) atoms. The summed E-state index contributed by atoms with van der Waals surface area (Å²) in [6.07, 6.45) is 2.75. The second-order valence-electron chi connectivity index (χ2n) is 11.2. The number of aromatic nitrogens is 1. The molecule has 9 nitrogen and oxygen atoms in total. The molecule has 3 heterocycles. The van der Waals surface area contributed by atoms with Gasteiger partial charge in [-0.25, -0.2) is 0 Å². The molecule has 5 N–H and O–H groups in total. The highest BCUT2D eigenvalue weighted by atomic mass is 35.5. The van der Waals surface area contributed by atoms with E-state index in [2.05, 4.69) is 49.1 Å². The Hall–Kier alpha value is -3.25. The van der Waals surface area contributed by atoms with Crippen LogP contribution in [0, 0.1) is 0 Å². The average molecular weight is 622 g/mol. The van der Waals surface area contributed by atoms with Gasteiger partial charge < -0.3 is 30.4 Å². The fourth-order valence-corrected chi connectivity index (χ4v) is 7.18. The normalized spacial score (nSPS) is 17.5. The van der Waals surface area contributed by atoms with E-state index in [0.29, 0.717) is 17.4 Å². The maximum atomic E-state index is 11.2. The number of nitrogens with zero attached hydrogens (tertiary/aromatic N) is 3. The van der Waals surface area contributed by atoms with E-state index in [1.165, 1.54) is 22.8 Å². The van der Waals surface area contributed by atoms with E-state index in [9.17, 15) is 15.0 Å². The van der Waals surface area contributed by atoms with E-state index >= 15 is 0 Å². The maximum Gasteiger partial charge on any atom is 0.323 e. The zero-order valence-corrected chi connectivity index (χ0v) is 25.4. The molecule has 6 rings (SSSR count). The number of benzene rings is 3. The number of aliphatic carboxylic acids is 1. The van der Waals surface area contributed by atoms with Gasteiger partial charge in [-0.3, -0.25) is 10.1 Å². The Bertz CT molecular complexity index is 1610. The zero-order valence-electron chi connectivity index (χ0n) is 23.8.